The van der Waals surface area contributed by atoms with Gasteiger partial charge in [0.05, 0.1) is 5.54 Å². The van der Waals surface area contributed by atoms with Gasteiger partial charge in [-0.3, -0.25) is 4.79 Å². The molecule has 0 unspecified atom stereocenters. The van der Waals surface area contributed by atoms with E-state index in [4.69, 9.17) is 11.6 Å². The van der Waals surface area contributed by atoms with Crippen LogP contribution in [0.15, 0.2) is 24.3 Å². The van der Waals surface area contributed by atoms with Gasteiger partial charge in [-0.25, -0.2) is 0 Å². The van der Waals surface area contributed by atoms with Crippen LogP contribution < -0.4 is 5.32 Å². The minimum absolute atomic E-state index is 0.00197. The molecule has 0 saturated heterocycles. The van der Waals surface area contributed by atoms with Gasteiger partial charge >= 0.3 is 0 Å². The van der Waals surface area contributed by atoms with Crippen LogP contribution in [0.2, 0.25) is 0 Å². The van der Waals surface area contributed by atoms with Gasteiger partial charge in [0.25, 0.3) is 0 Å². The molecule has 0 atom stereocenters. The summed E-state index contributed by atoms with van der Waals surface area (Å²) in [6, 6.07) is 8.44. The van der Waals surface area contributed by atoms with Gasteiger partial charge in [-0.2, -0.15) is 0 Å². The Labute approximate surface area is 115 Å². The van der Waals surface area contributed by atoms with Crippen molar-refractivity contribution >= 4 is 17.5 Å². The van der Waals surface area contributed by atoms with Gasteiger partial charge in [-0.05, 0) is 37.8 Å². The first-order valence-electron chi connectivity index (χ1n) is 6.46. The van der Waals surface area contributed by atoms with Gasteiger partial charge in [0.2, 0.25) is 5.91 Å². The highest BCUT2D eigenvalue weighted by Gasteiger charge is 2.22. The summed E-state index contributed by atoms with van der Waals surface area (Å²) in [5.41, 5.74) is 2.07. The third-order valence-corrected chi connectivity index (χ3v) is 3.31. The lowest BCUT2D eigenvalue weighted by molar-refractivity contribution is -0.120. The van der Waals surface area contributed by atoms with Crippen molar-refractivity contribution in [3.63, 3.8) is 0 Å². The van der Waals surface area contributed by atoms with E-state index in [0.717, 1.165) is 12.0 Å². The maximum Gasteiger partial charge on any atom is 0.235 e. The van der Waals surface area contributed by atoms with E-state index in [1.807, 2.05) is 13.8 Å². The van der Waals surface area contributed by atoms with Crippen LogP contribution in [0.5, 0.6) is 0 Å². The fourth-order valence-electron chi connectivity index (χ4n) is 1.92. The van der Waals surface area contributed by atoms with Crippen molar-refractivity contribution in [2.24, 2.45) is 0 Å². The number of alkyl halides is 1. The second-order valence-electron chi connectivity index (χ2n) is 5.11. The van der Waals surface area contributed by atoms with Crippen LogP contribution in [0, 0.1) is 0 Å². The predicted molar refractivity (Wildman–Crippen MR) is 76.9 cm³/mol. The maximum absolute atomic E-state index is 11.4. The molecule has 1 rings (SSSR count). The van der Waals surface area contributed by atoms with Crippen molar-refractivity contribution in [3.05, 3.63) is 35.4 Å². The Bertz CT molecular complexity index is 384. The van der Waals surface area contributed by atoms with Crippen LogP contribution in [-0.4, -0.2) is 11.8 Å². The number of amides is 1. The normalized spacial score (nSPS) is 11.3. The molecule has 0 spiro atoms. The molecule has 100 valence electrons. The van der Waals surface area contributed by atoms with Crippen LogP contribution in [0.3, 0.4) is 0 Å². The summed E-state index contributed by atoms with van der Waals surface area (Å²) in [5.74, 6) is -0.144. The second-order valence-corrected chi connectivity index (χ2v) is 5.37. The summed E-state index contributed by atoms with van der Waals surface area (Å²) in [4.78, 5) is 11.4. The first-order chi connectivity index (χ1) is 8.49. The number of carbonyl (C=O) groups excluding carboxylic acids is 1. The Hall–Kier alpha value is -1.02. The summed E-state index contributed by atoms with van der Waals surface area (Å²) in [6.45, 7) is 6.16. The van der Waals surface area contributed by atoms with E-state index in [2.05, 4.69) is 36.5 Å². The molecule has 1 aromatic rings. The van der Waals surface area contributed by atoms with Crippen LogP contribution in [0.1, 0.15) is 44.7 Å². The molecule has 1 amide bonds. The molecule has 1 N–H and O–H groups in total. The molecule has 0 aliphatic heterocycles. The van der Waals surface area contributed by atoms with Crippen molar-refractivity contribution in [3.8, 4) is 0 Å². The Morgan fingerprint density at radius 3 is 2.39 bits per heavy atom. The number of benzene rings is 1. The lowest BCUT2D eigenvalue weighted by Crippen LogP contribution is -2.41. The van der Waals surface area contributed by atoms with Crippen molar-refractivity contribution < 1.29 is 4.79 Å². The molecule has 0 heterocycles. The van der Waals surface area contributed by atoms with Crippen molar-refractivity contribution in [2.75, 3.05) is 5.88 Å². The maximum atomic E-state index is 11.4. The smallest absolute Gasteiger partial charge is 0.235 e. The average Bonchev–Trinajstić information content (AvgIpc) is 2.36. The first-order valence-corrected chi connectivity index (χ1v) is 6.99. The quantitative estimate of drug-likeness (QED) is 0.784. The first kappa shape index (κ1) is 15.0. The highest BCUT2D eigenvalue weighted by molar-refractivity contribution is 6.27. The van der Waals surface area contributed by atoms with Crippen LogP contribution >= 0.6 is 11.6 Å². The van der Waals surface area contributed by atoms with Gasteiger partial charge in [0.1, 0.15) is 5.88 Å². The van der Waals surface area contributed by atoms with Crippen molar-refractivity contribution in [1.29, 1.82) is 0 Å². The molecule has 18 heavy (non-hydrogen) atoms. The fraction of sp³-hybridized carbons (Fsp3) is 0.533. The SMILES string of the molecule is CCCCc1ccc(C(C)(C)NC(=O)CCl)cc1. The zero-order valence-electron chi connectivity index (χ0n) is 11.4. The van der Waals surface area contributed by atoms with Crippen molar-refractivity contribution in [2.45, 2.75) is 45.6 Å². The van der Waals surface area contributed by atoms with E-state index in [9.17, 15) is 4.79 Å². The zero-order chi connectivity index (χ0) is 13.6. The third kappa shape index (κ3) is 4.34. The number of unbranched alkanes of at least 4 members (excludes halogenated alkanes) is 1. The molecule has 0 aliphatic carbocycles. The van der Waals surface area contributed by atoms with Crippen molar-refractivity contribution in [1.82, 2.24) is 5.32 Å². The molecule has 1 aromatic carbocycles. The molecule has 0 aliphatic rings. The Morgan fingerprint density at radius 2 is 1.89 bits per heavy atom. The van der Waals surface area contributed by atoms with E-state index >= 15 is 0 Å². The van der Waals surface area contributed by atoms with Crippen LogP contribution in [-0.2, 0) is 16.8 Å². The molecule has 0 aromatic heterocycles. The number of carbonyl (C=O) groups is 1. The van der Waals surface area contributed by atoms with Gasteiger partial charge in [0.15, 0.2) is 0 Å². The number of hydrogen-bond acceptors (Lipinski definition) is 1. The Balaban J connectivity index is 2.73. The monoisotopic (exact) mass is 267 g/mol. The van der Waals surface area contributed by atoms with Gasteiger partial charge in [0, 0.05) is 0 Å². The topological polar surface area (TPSA) is 29.1 Å². The lowest BCUT2D eigenvalue weighted by atomic mass is 9.92. The molecule has 0 saturated carbocycles. The largest absolute Gasteiger partial charge is 0.346 e. The lowest BCUT2D eigenvalue weighted by Gasteiger charge is -2.26. The van der Waals surface area contributed by atoms with Crippen LogP contribution in [0.4, 0.5) is 0 Å². The van der Waals surface area contributed by atoms with E-state index in [1.54, 1.807) is 0 Å². The predicted octanol–water partition coefficient (Wildman–Crippen LogP) is 3.62. The van der Waals surface area contributed by atoms with E-state index in [-0.39, 0.29) is 17.3 Å². The van der Waals surface area contributed by atoms with E-state index < -0.39 is 0 Å². The average molecular weight is 268 g/mol. The molecule has 0 fully saturated rings. The van der Waals surface area contributed by atoms with Gasteiger partial charge < -0.3 is 5.32 Å². The highest BCUT2D eigenvalue weighted by atomic mass is 35.5. The Kier molecular flexibility index (Phi) is 5.67. The van der Waals surface area contributed by atoms with Gasteiger partial charge in [-0.15, -0.1) is 11.6 Å². The molecule has 3 heteroatoms. The Morgan fingerprint density at radius 1 is 1.28 bits per heavy atom. The summed E-state index contributed by atoms with van der Waals surface area (Å²) in [7, 11) is 0. The van der Waals surface area contributed by atoms with E-state index in [1.165, 1.54) is 18.4 Å². The number of aryl methyl sites for hydroxylation is 1. The zero-order valence-corrected chi connectivity index (χ0v) is 12.2. The molecule has 2 nitrogen and oxygen atoms in total. The molecule has 0 radical (unpaired) electrons. The molecular weight excluding hydrogens is 246 g/mol. The molecule has 0 bridgehead atoms. The number of halogens is 1. The third-order valence-electron chi connectivity index (χ3n) is 3.07. The van der Waals surface area contributed by atoms with Gasteiger partial charge in [-0.1, -0.05) is 37.6 Å². The summed E-state index contributed by atoms with van der Waals surface area (Å²) >= 11 is 5.52. The number of nitrogens with one attached hydrogen (secondary N) is 1. The summed E-state index contributed by atoms with van der Waals surface area (Å²) < 4.78 is 0. The summed E-state index contributed by atoms with van der Waals surface area (Å²) in [6.07, 6.45) is 3.54. The number of hydrogen-bond donors (Lipinski definition) is 1. The minimum atomic E-state index is -0.380. The number of rotatable bonds is 6. The second kappa shape index (κ2) is 6.79. The molecular formula is C15H22ClNO. The highest BCUT2D eigenvalue weighted by Crippen LogP contribution is 2.21. The minimum Gasteiger partial charge on any atom is -0.346 e. The van der Waals surface area contributed by atoms with Crippen LogP contribution in [0.25, 0.3) is 0 Å². The summed E-state index contributed by atoms with van der Waals surface area (Å²) in [5, 5.41) is 2.91. The van der Waals surface area contributed by atoms with E-state index in [0.29, 0.717) is 0 Å². The standard InChI is InChI=1S/C15H22ClNO/c1-4-5-6-12-7-9-13(10-8-12)15(2,3)17-14(18)11-16/h7-10H,4-6,11H2,1-3H3,(H,17,18). The fourth-order valence-corrected chi connectivity index (χ4v) is 1.99.